The van der Waals surface area contributed by atoms with Crippen molar-refractivity contribution in [2.75, 3.05) is 5.32 Å². The predicted molar refractivity (Wildman–Crippen MR) is 69.6 cm³/mol. The molecule has 98 valence electrons. The van der Waals surface area contributed by atoms with E-state index >= 15 is 0 Å². The topological polar surface area (TPSA) is 98.3 Å². The molecule has 3 N–H and O–H groups in total. The number of halogens is 1. The fraction of sp³-hybridized carbons (Fsp3) is 0.364. The van der Waals surface area contributed by atoms with E-state index in [0.29, 0.717) is 5.69 Å². The summed E-state index contributed by atoms with van der Waals surface area (Å²) in [6, 6.07) is 4.30. The van der Waals surface area contributed by atoms with E-state index in [4.69, 9.17) is 17.3 Å². The summed E-state index contributed by atoms with van der Waals surface area (Å²) in [5.74, 6) is -0.482. The van der Waals surface area contributed by atoms with E-state index in [1.54, 1.807) is 13.8 Å². The average molecular weight is 272 g/mol. The summed E-state index contributed by atoms with van der Waals surface area (Å²) in [6.07, 6.45) is 0.0623. The minimum absolute atomic E-state index is 0.0623. The van der Waals surface area contributed by atoms with Crippen LogP contribution in [0, 0.1) is 10.1 Å². The minimum Gasteiger partial charge on any atom is -0.374 e. The van der Waals surface area contributed by atoms with Crippen molar-refractivity contribution in [3.63, 3.8) is 0 Å². The molecular weight excluding hydrogens is 258 g/mol. The van der Waals surface area contributed by atoms with Gasteiger partial charge in [0.25, 0.3) is 5.69 Å². The standard InChI is InChI=1S/C11H14ClN3O3/c1-11(2,6-10(13)16)14-8-4-3-7(12)5-9(8)15(17)18/h3-5,14H,6H2,1-2H3,(H2,13,16). The second-order valence-corrected chi connectivity index (χ2v) is 5.01. The third kappa shape index (κ3) is 3.89. The molecule has 0 unspecified atom stereocenters. The first-order chi connectivity index (χ1) is 8.21. The van der Waals surface area contributed by atoms with Gasteiger partial charge in [-0.05, 0) is 26.0 Å². The summed E-state index contributed by atoms with van der Waals surface area (Å²) in [5, 5.41) is 14.1. The van der Waals surface area contributed by atoms with Crippen LogP contribution in [0.15, 0.2) is 18.2 Å². The number of carbonyl (C=O) groups is 1. The first-order valence-corrected chi connectivity index (χ1v) is 5.59. The van der Waals surface area contributed by atoms with Gasteiger partial charge in [0.2, 0.25) is 5.91 Å². The molecule has 0 heterocycles. The second-order valence-electron chi connectivity index (χ2n) is 4.57. The Bertz CT molecular complexity index is 488. The second kappa shape index (κ2) is 5.22. The summed E-state index contributed by atoms with van der Waals surface area (Å²) in [7, 11) is 0. The van der Waals surface area contributed by atoms with E-state index in [2.05, 4.69) is 5.32 Å². The van der Waals surface area contributed by atoms with Crippen molar-refractivity contribution in [1.29, 1.82) is 0 Å². The van der Waals surface area contributed by atoms with Crippen molar-refractivity contribution >= 4 is 28.9 Å². The molecule has 0 aliphatic heterocycles. The highest BCUT2D eigenvalue weighted by Crippen LogP contribution is 2.30. The van der Waals surface area contributed by atoms with Crippen LogP contribution in [0.1, 0.15) is 20.3 Å². The number of nitrogens with zero attached hydrogens (tertiary/aromatic N) is 1. The van der Waals surface area contributed by atoms with Gasteiger partial charge in [-0.1, -0.05) is 11.6 Å². The zero-order valence-electron chi connectivity index (χ0n) is 10.1. The van der Waals surface area contributed by atoms with Crippen LogP contribution in [0.5, 0.6) is 0 Å². The van der Waals surface area contributed by atoms with Crippen molar-refractivity contribution in [2.45, 2.75) is 25.8 Å². The van der Waals surface area contributed by atoms with Crippen LogP contribution in [0.2, 0.25) is 5.02 Å². The molecule has 1 aromatic rings. The molecule has 0 saturated heterocycles. The van der Waals surface area contributed by atoms with E-state index in [0.717, 1.165) is 0 Å². The number of nitrogens with two attached hydrogens (primary N) is 1. The fourth-order valence-electron chi connectivity index (χ4n) is 1.61. The Labute approximate surface area is 109 Å². The monoisotopic (exact) mass is 271 g/mol. The van der Waals surface area contributed by atoms with Crippen LogP contribution >= 0.6 is 11.6 Å². The molecule has 1 aromatic carbocycles. The number of benzene rings is 1. The summed E-state index contributed by atoms with van der Waals surface area (Å²) in [4.78, 5) is 21.3. The fourth-order valence-corrected chi connectivity index (χ4v) is 1.77. The molecule has 0 aliphatic rings. The maximum atomic E-state index is 10.9. The summed E-state index contributed by atoms with van der Waals surface area (Å²) < 4.78 is 0. The molecule has 0 fully saturated rings. The van der Waals surface area contributed by atoms with E-state index in [1.165, 1.54) is 18.2 Å². The minimum atomic E-state index is -0.676. The molecule has 6 nitrogen and oxygen atoms in total. The highest BCUT2D eigenvalue weighted by Gasteiger charge is 2.24. The molecule has 7 heteroatoms. The number of nitrogens with one attached hydrogen (secondary N) is 1. The molecular formula is C11H14ClN3O3. The van der Waals surface area contributed by atoms with Crippen LogP contribution in [0.3, 0.4) is 0 Å². The Morgan fingerprint density at radius 3 is 2.67 bits per heavy atom. The number of primary amides is 1. The zero-order valence-corrected chi connectivity index (χ0v) is 10.8. The number of nitro benzene ring substituents is 1. The highest BCUT2D eigenvalue weighted by molar-refractivity contribution is 6.30. The van der Waals surface area contributed by atoms with Gasteiger partial charge in [-0.25, -0.2) is 0 Å². The summed E-state index contributed by atoms with van der Waals surface area (Å²) in [6.45, 7) is 3.46. The lowest BCUT2D eigenvalue weighted by molar-refractivity contribution is -0.384. The highest BCUT2D eigenvalue weighted by atomic mass is 35.5. The van der Waals surface area contributed by atoms with Crippen LogP contribution in [-0.2, 0) is 4.79 Å². The predicted octanol–water partition coefficient (Wildman–Crippen LogP) is 2.31. The maximum absolute atomic E-state index is 10.9. The Hall–Kier alpha value is -1.82. The maximum Gasteiger partial charge on any atom is 0.293 e. The lowest BCUT2D eigenvalue weighted by Gasteiger charge is -2.25. The largest absolute Gasteiger partial charge is 0.374 e. The molecule has 0 aliphatic carbocycles. The van der Waals surface area contributed by atoms with Gasteiger partial charge in [-0.3, -0.25) is 14.9 Å². The first kappa shape index (κ1) is 14.2. The van der Waals surface area contributed by atoms with Gasteiger partial charge in [-0.15, -0.1) is 0 Å². The number of nitro groups is 1. The van der Waals surface area contributed by atoms with Crippen LogP contribution < -0.4 is 11.1 Å². The molecule has 0 bridgehead atoms. The van der Waals surface area contributed by atoms with Crippen molar-refractivity contribution in [2.24, 2.45) is 5.73 Å². The van der Waals surface area contributed by atoms with E-state index < -0.39 is 16.4 Å². The zero-order chi connectivity index (χ0) is 13.9. The van der Waals surface area contributed by atoms with Gasteiger partial charge >= 0.3 is 0 Å². The Kier molecular flexibility index (Phi) is 4.13. The number of carbonyl (C=O) groups excluding carboxylic acids is 1. The number of hydrogen-bond acceptors (Lipinski definition) is 4. The van der Waals surface area contributed by atoms with Gasteiger partial charge in [0.15, 0.2) is 0 Å². The Balaban J connectivity index is 3.03. The Morgan fingerprint density at radius 1 is 1.56 bits per heavy atom. The van der Waals surface area contributed by atoms with E-state index in [1.807, 2.05) is 0 Å². The molecule has 0 spiro atoms. The van der Waals surface area contributed by atoms with Gasteiger partial charge in [0.1, 0.15) is 5.69 Å². The van der Waals surface area contributed by atoms with Crippen LogP contribution in [-0.4, -0.2) is 16.4 Å². The van der Waals surface area contributed by atoms with E-state index in [-0.39, 0.29) is 17.1 Å². The quantitative estimate of drug-likeness (QED) is 0.634. The van der Waals surface area contributed by atoms with Crippen LogP contribution in [0.4, 0.5) is 11.4 Å². The first-order valence-electron chi connectivity index (χ1n) is 5.22. The molecule has 0 aromatic heterocycles. The molecule has 1 amide bonds. The number of hydrogen-bond donors (Lipinski definition) is 2. The molecule has 0 radical (unpaired) electrons. The third-order valence-corrected chi connectivity index (χ3v) is 2.48. The molecule has 18 heavy (non-hydrogen) atoms. The number of anilines is 1. The smallest absolute Gasteiger partial charge is 0.293 e. The Morgan fingerprint density at radius 2 is 2.17 bits per heavy atom. The molecule has 0 atom stereocenters. The lowest BCUT2D eigenvalue weighted by Crippen LogP contribution is -2.36. The van der Waals surface area contributed by atoms with Crippen LogP contribution in [0.25, 0.3) is 0 Å². The number of amides is 1. The van der Waals surface area contributed by atoms with Crippen molar-refractivity contribution < 1.29 is 9.72 Å². The van der Waals surface area contributed by atoms with E-state index in [9.17, 15) is 14.9 Å². The van der Waals surface area contributed by atoms with Crippen molar-refractivity contribution in [1.82, 2.24) is 0 Å². The summed E-state index contributed by atoms with van der Waals surface area (Å²) in [5.41, 5.74) is 4.61. The molecule has 0 saturated carbocycles. The average Bonchev–Trinajstić information content (AvgIpc) is 2.18. The lowest BCUT2D eigenvalue weighted by atomic mass is 9.99. The van der Waals surface area contributed by atoms with Crippen molar-refractivity contribution in [3.05, 3.63) is 33.3 Å². The normalized spacial score (nSPS) is 11.1. The molecule has 1 rings (SSSR count). The van der Waals surface area contributed by atoms with Gasteiger partial charge < -0.3 is 11.1 Å². The third-order valence-electron chi connectivity index (χ3n) is 2.25. The van der Waals surface area contributed by atoms with Gasteiger partial charge in [0, 0.05) is 23.0 Å². The van der Waals surface area contributed by atoms with Gasteiger partial charge in [0.05, 0.1) is 4.92 Å². The van der Waals surface area contributed by atoms with Crippen molar-refractivity contribution in [3.8, 4) is 0 Å². The number of rotatable bonds is 5. The van der Waals surface area contributed by atoms with Gasteiger partial charge in [-0.2, -0.15) is 0 Å². The summed E-state index contributed by atoms with van der Waals surface area (Å²) >= 11 is 5.71. The SMILES string of the molecule is CC(C)(CC(N)=O)Nc1ccc(Cl)cc1[N+](=O)[O-].